The van der Waals surface area contributed by atoms with E-state index in [0.717, 1.165) is 0 Å². The predicted octanol–water partition coefficient (Wildman–Crippen LogP) is 2.49. The van der Waals surface area contributed by atoms with E-state index in [1.165, 1.54) is 6.07 Å². The van der Waals surface area contributed by atoms with Gasteiger partial charge in [0, 0.05) is 0 Å². The molecule has 0 aliphatic carbocycles. The second kappa shape index (κ2) is 2.54. The molecule has 1 aromatic heterocycles. The maximum absolute atomic E-state index is 12.6. The lowest BCUT2D eigenvalue weighted by atomic mass is 10.3. The summed E-state index contributed by atoms with van der Waals surface area (Å²) in [6.07, 6.45) is 0. The van der Waals surface area contributed by atoms with Gasteiger partial charge in [-0.1, -0.05) is 11.6 Å². The van der Waals surface area contributed by atoms with Crippen LogP contribution in [-0.2, 0) is 0 Å². The summed E-state index contributed by atoms with van der Waals surface area (Å²) in [5, 5.41) is 0.378. The van der Waals surface area contributed by atoms with E-state index in [2.05, 4.69) is 4.98 Å². The van der Waals surface area contributed by atoms with Gasteiger partial charge in [0.05, 0.1) is 16.4 Å². The van der Waals surface area contributed by atoms with Crippen LogP contribution in [-0.4, -0.2) is 4.98 Å². The topological polar surface area (TPSA) is 12.9 Å². The zero-order valence-corrected chi connectivity index (χ0v) is 6.54. The van der Waals surface area contributed by atoms with Crippen molar-refractivity contribution in [1.82, 2.24) is 4.98 Å². The zero-order valence-electron chi connectivity index (χ0n) is 5.78. The largest absolute Gasteiger partial charge is 0.254 e. The molecule has 54 valence electrons. The molecular formula is C7H7ClFN. The fourth-order valence-electron chi connectivity index (χ4n) is 0.679. The molecule has 0 spiro atoms. The number of hydrogen-bond acceptors (Lipinski definition) is 1. The third-order valence-corrected chi connectivity index (χ3v) is 1.66. The maximum atomic E-state index is 12.6. The highest BCUT2D eigenvalue weighted by Gasteiger charge is 2.01. The van der Waals surface area contributed by atoms with Crippen LogP contribution < -0.4 is 0 Å². The first-order chi connectivity index (χ1) is 4.61. The molecule has 0 fully saturated rings. The van der Waals surface area contributed by atoms with Gasteiger partial charge in [-0.05, 0) is 19.9 Å². The number of rotatable bonds is 0. The van der Waals surface area contributed by atoms with Crippen LogP contribution >= 0.6 is 11.6 Å². The van der Waals surface area contributed by atoms with Gasteiger partial charge in [-0.15, -0.1) is 0 Å². The molecule has 10 heavy (non-hydrogen) atoms. The van der Waals surface area contributed by atoms with Crippen LogP contribution in [0.25, 0.3) is 0 Å². The van der Waals surface area contributed by atoms with Crippen molar-refractivity contribution in [1.29, 1.82) is 0 Å². The number of pyridine rings is 1. The van der Waals surface area contributed by atoms with Gasteiger partial charge in [0.25, 0.3) is 0 Å². The van der Waals surface area contributed by atoms with Crippen LogP contribution in [0.2, 0.25) is 5.02 Å². The fourth-order valence-corrected chi connectivity index (χ4v) is 0.817. The van der Waals surface area contributed by atoms with Gasteiger partial charge >= 0.3 is 0 Å². The van der Waals surface area contributed by atoms with E-state index in [9.17, 15) is 4.39 Å². The number of aryl methyl sites for hydroxylation is 2. The molecule has 0 bridgehead atoms. The van der Waals surface area contributed by atoms with E-state index in [1.807, 2.05) is 0 Å². The zero-order chi connectivity index (χ0) is 7.72. The maximum Gasteiger partial charge on any atom is 0.145 e. The molecule has 0 amide bonds. The van der Waals surface area contributed by atoms with Crippen LogP contribution in [0.1, 0.15) is 11.4 Å². The summed E-state index contributed by atoms with van der Waals surface area (Å²) in [6.45, 7) is 3.35. The van der Waals surface area contributed by atoms with Crippen molar-refractivity contribution < 1.29 is 4.39 Å². The predicted molar refractivity (Wildman–Crippen MR) is 38.7 cm³/mol. The van der Waals surface area contributed by atoms with E-state index in [-0.39, 0.29) is 5.82 Å². The summed E-state index contributed by atoms with van der Waals surface area (Å²) in [5.74, 6) is -0.351. The minimum Gasteiger partial charge on any atom is -0.254 e. The Morgan fingerprint density at radius 2 is 2.00 bits per heavy atom. The second-order valence-corrected chi connectivity index (χ2v) is 2.53. The SMILES string of the molecule is Cc1nc(C)c(Cl)cc1F. The van der Waals surface area contributed by atoms with Gasteiger partial charge in [0.1, 0.15) is 5.82 Å². The first-order valence-corrected chi connectivity index (χ1v) is 3.28. The summed E-state index contributed by atoms with van der Waals surface area (Å²) >= 11 is 5.58. The van der Waals surface area contributed by atoms with Gasteiger partial charge in [-0.3, -0.25) is 4.98 Å². The minimum atomic E-state index is -0.351. The van der Waals surface area contributed by atoms with Crippen molar-refractivity contribution in [3.05, 3.63) is 28.3 Å². The third-order valence-electron chi connectivity index (χ3n) is 1.28. The highest BCUT2D eigenvalue weighted by Crippen LogP contribution is 2.15. The van der Waals surface area contributed by atoms with Crippen molar-refractivity contribution in [2.45, 2.75) is 13.8 Å². The van der Waals surface area contributed by atoms with E-state index in [0.29, 0.717) is 16.4 Å². The van der Waals surface area contributed by atoms with Gasteiger partial charge in [0.15, 0.2) is 0 Å². The smallest absolute Gasteiger partial charge is 0.145 e. The molecule has 0 saturated heterocycles. The summed E-state index contributed by atoms with van der Waals surface area (Å²) in [5.41, 5.74) is 1.06. The summed E-state index contributed by atoms with van der Waals surface area (Å²) in [4.78, 5) is 3.87. The number of halogens is 2. The van der Waals surface area contributed by atoms with Gasteiger partial charge < -0.3 is 0 Å². The standard InChI is InChI=1S/C7H7ClFN/c1-4-6(8)3-7(9)5(2)10-4/h3H,1-2H3. The molecular weight excluding hydrogens is 153 g/mol. The monoisotopic (exact) mass is 159 g/mol. The Morgan fingerprint density at radius 1 is 1.40 bits per heavy atom. The van der Waals surface area contributed by atoms with Crippen molar-refractivity contribution in [2.75, 3.05) is 0 Å². The molecule has 0 saturated carbocycles. The first-order valence-electron chi connectivity index (χ1n) is 2.90. The number of aromatic nitrogens is 1. The molecule has 0 radical (unpaired) electrons. The van der Waals surface area contributed by atoms with Crippen LogP contribution in [0, 0.1) is 19.7 Å². The molecule has 1 aromatic rings. The quantitative estimate of drug-likeness (QED) is 0.567. The lowest BCUT2D eigenvalue weighted by Crippen LogP contribution is -1.90. The van der Waals surface area contributed by atoms with Crippen LogP contribution in [0.4, 0.5) is 4.39 Å². The third kappa shape index (κ3) is 1.27. The Kier molecular flexibility index (Phi) is 1.90. The fraction of sp³-hybridized carbons (Fsp3) is 0.286. The molecule has 0 aliphatic rings. The Balaban J connectivity index is 3.28. The van der Waals surface area contributed by atoms with Gasteiger partial charge in [-0.25, -0.2) is 4.39 Å². The summed E-state index contributed by atoms with van der Waals surface area (Å²) < 4.78 is 12.6. The number of hydrogen-bond donors (Lipinski definition) is 0. The van der Waals surface area contributed by atoms with Crippen LogP contribution in [0.15, 0.2) is 6.07 Å². The van der Waals surface area contributed by atoms with Crippen molar-refractivity contribution >= 4 is 11.6 Å². The van der Waals surface area contributed by atoms with Crippen LogP contribution in [0.5, 0.6) is 0 Å². The van der Waals surface area contributed by atoms with Crippen molar-refractivity contribution in [2.24, 2.45) is 0 Å². The highest BCUT2D eigenvalue weighted by molar-refractivity contribution is 6.31. The van der Waals surface area contributed by atoms with Crippen molar-refractivity contribution in [3.8, 4) is 0 Å². The Bertz CT molecular complexity index is 210. The normalized spacial score (nSPS) is 10.0. The molecule has 0 unspecified atom stereocenters. The minimum absolute atomic E-state index is 0.351. The van der Waals surface area contributed by atoms with Gasteiger partial charge in [-0.2, -0.15) is 0 Å². The molecule has 1 nitrogen and oxygen atoms in total. The highest BCUT2D eigenvalue weighted by atomic mass is 35.5. The summed E-state index contributed by atoms with van der Waals surface area (Å²) in [7, 11) is 0. The number of nitrogens with zero attached hydrogens (tertiary/aromatic N) is 1. The van der Waals surface area contributed by atoms with E-state index >= 15 is 0 Å². The molecule has 1 rings (SSSR count). The van der Waals surface area contributed by atoms with E-state index < -0.39 is 0 Å². The molecule has 0 aromatic carbocycles. The van der Waals surface area contributed by atoms with E-state index in [1.54, 1.807) is 13.8 Å². The lowest BCUT2D eigenvalue weighted by Gasteiger charge is -1.98. The molecule has 1 heterocycles. The van der Waals surface area contributed by atoms with Crippen molar-refractivity contribution in [3.63, 3.8) is 0 Å². The first kappa shape index (κ1) is 7.48. The molecule has 3 heteroatoms. The van der Waals surface area contributed by atoms with E-state index in [4.69, 9.17) is 11.6 Å². The Hall–Kier alpha value is -0.630. The molecule has 0 atom stereocenters. The van der Waals surface area contributed by atoms with Gasteiger partial charge in [0.2, 0.25) is 0 Å². The second-order valence-electron chi connectivity index (χ2n) is 2.12. The van der Waals surface area contributed by atoms with Crippen LogP contribution in [0.3, 0.4) is 0 Å². The lowest BCUT2D eigenvalue weighted by molar-refractivity contribution is 0.608. The average molecular weight is 160 g/mol. The Labute approximate surface area is 63.8 Å². The molecule has 0 aliphatic heterocycles. The Morgan fingerprint density at radius 3 is 2.50 bits per heavy atom. The summed E-state index contributed by atoms with van der Waals surface area (Å²) in [6, 6.07) is 1.28. The average Bonchev–Trinajstić information content (AvgIpc) is 1.84. The molecule has 0 N–H and O–H groups in total.